The summed E-state index contributed by atoms with van der Waals surface area (Å²) in [5.74, 6) is -3.34. The molecule has 0 spiro atoms. The van der Waals surface area contributed by atoms with Gasteiger partial charge in [-0.05, 0) is 38.2 Å². The van der Waals surface area contributed by atoms with Gasteiger partial charge in [0.15, 0.2) is 0 Å². The summed E-state index contributed by atoms with van der Waals surface area (Å²) < 4.78 is 0. The van der Waals surface area contributed by atoms with E-state index < -0.39 is 54.3 Å². The Labute approximate surface area is 173 Å². The molecule has 1 aliphatic heterocycles. The van der Waals surface area contributed by atoms with Crippen LogP contribution in [-0.2, 0) is 24.0 Å². The smallest absolute Gasteiger partial charge is 0.326 e. The van der Waals surface area contributed by atoms with Gasteiger partial charge in [0.1, 0.15) is 18.1 Å². The molecule has 0 aromatic carbocycles. The van der Waals surface area contributed by atoms with Crippen molar-refractivity contribution in [2.24, 2.45) is 11.5 Å². The van der Waals surface area contributed by atoms with Gasteiger partial charge in [0, 0.05) is 6.54 Å². The number of hydrogen-bond donors (Lipinski definition) is 5. The number of nitrogens with one attached hydrogen (secondary N) is 2. The quantitative estimate of drug-likeness (QED) is 0.249. The fraction of sp³-hybridized carbons (Fsp3) is 0.706. The lowest BCUT2D eigenvalue weighted by Gasteiger charge is -2.27. The van der Waals surface area contributed by atoms with Crippen LogP contribution in [0.25, 0.3) is 0 Å². The van der Waals surface area contributed by atoms with Crippen LogP contribution in [0.1, 0.15) is 32.6 Å². The summed E-state index contributed by atoms with van der Waals surface area (Å²) in [5.41, 5.74) is 10.7. The molecule has 1 heterocycles. The third-order valence-corrected chi connectivity index (χ3v) is 5.14. The molecule has 1 aliphatic rings. The van der Waals surface area contributed by atoms with E-state index in [1.54, 1.807) is 0 Å². The molecule has 0 aromatic heterocycles. The van der Waals surface area contributed by atoms with Gasteiger partial charge >= 0.3 is 5.97 Å². The average molecular weight is 432 g/mol. The van der Waals surface area contributed by atoms with Gasteiger partial charge in [0.2, 0.25) is 23.6 Å². The summed E-state index contributed by atoms with van der Waals surface area (Å²) in [6, 6.07) is -3.99. The summed E-state index contributed by atoms with van der Waals surface area (Å²) >= 11 is 1.45. The van der Waals surface area contributed by atoms with Crippen molar-refractivity contribution < 1.29 is 29.1 Å². The third kappa shape index (κ3) is 7.54. The minimum absolute atomic E-state index is 0.246. The Balaban J connectivity index is 2.87. The molecule has 0 saturated carbocycles. The van der Waals surface area contributed by atoms with Crippen molar-refractivity contribution in [3.63, 3.8) is 0 Å². The molecule has 11 nitrogen and oxygen atoms in total. The van der Waals surface area contributed by atoms with Crippen LogP contribution in [-0.4, -0.2) is 82.3 Å². The highest BCUT2D eigenvalue weighted by Crippen LogP contribution is 2.18. The number of aliphatic carboxylic acids is 1. The second-order valence-corrected chi connectivity index (χ2v) is 7.88. The molecule has 0 bridgehead atoms. The van der Waals surface area contributed by atoms with Gasteiger partial charge in [-0.2, -0.15) is 11.8 Å². The number of carbonyl (C=O) groups excluding carboxylic acids is 4. The SMILES string of the molecule is CSCCC(NC(=O)C1CCCN1C(=O)C(C)N)C(=O)NC(CC(N)=O)C(=O)O. The van der Waals surface area contributed by atoms with Gasteiger partial charge in [0.25, 0.3) is 0 Å². The number of carboxylic acids is 1. The highest BCUT2D eigenvalue weighted by atomic mass is 32.2. The molecule has 4 amide bonds. The molecule has 1 rings (SSSR count). The highest BCUT2D eigenvalue weighted by molar-refractivity contribution is 7.98. The lowest BCUT2D eigenvalue weighted by molar-refractivity contribution is -0.144. The average Bonchev–Trinajstić information content (AvgIpc) is 3.12. The standard InChI is InChI=1S/C17H29N5O6S/c1-9(18)16(26)22-6-3-4-12(22)15(25)20-10(5-7-29-2)14(24)21-11(17(27)28)8-13(19)23/h9-12H,3-8,18H2,1-2H3,(H2,19,23)(H,20,25)(H,21,24)(H,27,28). The van der Waals surface area contributed by atoms with Gasteiger partial charge in [-0.25, -0.2) is 4.79 Å². The van der Waals surface area contributed by atoms with Gasteiger partial charge in [-0.15, -0.1) is 0 Å². The van der Waals surface area contributed by atoms with Crippen LogP contribution in [0.15, 0.2) is 0 Å². The van der Waals surface area contributed by atoms with Crippen molar-refractivity contribution in [3.05, 3.63) is 0 Å². The van der Waals surface area contributed by atoms with E-state index in [9.17, 15) is 24.0 Å². The van der Waals surface area contributed by atoms with Crippen LogP contribution in [0.5, 0.6) is 0 Å². The number of likely N-dealkylation sites (tertiary alicyclic amines) is 1. The molecule has 164 valence electrons. The van der Waals surface area contributed by atoms with E-state index in [4.69, 9.17) is 16.6 Å². The summed E-state index contributed by atoms with van der Waals surface area (Å²) in [6.45, 7) is 1.94. The molecule has 12 heteroatoms. The molecular formula is C17H29N5O6S. The lowest BCUT2D eigenvalue weighted by Crippen LogP contribution is -2.56. The van der Waals surface area contributed by atoms with Crippen LogP contribution in [0.4, 0.5) is 0 Å². The van der Waals surface area contributed by atoms with E-state index in [0.717, 1.165) is 0 Å². The number of thioether (sulfide) groups is 1. The lowest BCUT2D eigenvalue weighted by atomic mass is 10.1. The number of amides is 4. The Morgan fingerprint density at radius 2 is 1.86 bits per heavy atom. The van der Waals surface area contributed by atoms with Crippen molar-refractivity contribution in [1.29, 1.82) is 0 Å². The van der Waals surface area contributed by atoms with Gasteiger partial charge in [-0.1, -0.05) is 0 Å². The van der Waals surface area contributed by atoms with Crippen molar-refractivity contribution in [1.82, 2.24) is 15.5 Å². The first-order valence-corrected chi connectivity index (χ1v) is 10.6. The van der Waals surface area contributed by atoms with Gasteiger partial charge in [-0.3, -0.25) is 19.2 Å². The largest absolute Gasteiger partial charge is 0.480 e. The maximum atomic E-state index is 12.7. The van der Waals surface area contributed by atoms with Crippen LogP contribution in [0.2, 0.25) is 0 Å². The molecule has 1 saturated heterocycles. The summed E-state index contributed by atoms with van der Waals surface area (Å²) in [6.07, 6.45) is 2.58. The molecule has 4 unspecified atom stereocenters. The first-order chi connectivity index (χ1) is 13.6. The molecule has 7 N–H and O–H groups in total. The van der Waals surface area contributed by atoms with Gasteiger partial charge in [0.05, 0.1) is 12.5 Å². The highest BCUT2D eigenvalue weighted by Gasteiger charge is 2.37. The number of rotatable bonds is 11. The zero-order valence-electron chi connectivity index (χ0n) is 16.6. The Bertz CT molecular complexity index is 644. The number of hydrogen-bond acceptors (Lipinski definition) is 7. The summed E-state index contributed by atoms with van der Waals surface area (Å²) in [7, 11) is 0. The predicted molar refractivity (Wildman–Crippen MR) is 107 cm³/mol. The van der Waals surface area contributed by atoms with Crippen molar-refractivity contribution in [2.75, 3.05) is 18.6 Å². The number of carboxylic acid groups (broad SMARTS) is 1. The Kier molecular flexibility index (Phi) is 9.89. The first kappa shape index (κ1) is 24.7. The Morgan fingerprint density at radius 3 is 2.38 bits per heavy atom. The van der Waals surface area contributed by atoms with E-state index in [0.29, 0.717) is 25.1 Å². The second-order valence-electron chi connectivity index (χ2n) is 6.89. The fourth-order valence-corrected chi connectivity index (χ4v) is 3.48. The van der Waals surface area contributed by atoms with Crippen molar-refractivity contribution >= 4 is 41.4 Å². The number of nitrogens with zero attached hydrogens (tertiary/aromatic N) is 1. The van der Waals surface area contributed by atoms with Crippen molar-refractivity contribution in [2.45, 2.75) is 56.8 Å². The van der Waals surface area contributed by atoms with Crippen LogP contribution in [0, 0.1) is 0 Å². The van der Waals surface area contributed by atoms with Crippen molar-refractivity contribution in [3.8, 4) is 0 Å². The maximum absolute atomic E-state index is 12.7. The number of nitrogens with two attached hydrogens (primary N) is 2. The predicted octanol–water partition coefficient (Wildman–Crippen LogP) is -1.99. The van der Waals surface area contributed by atoms with Gasteiger partial charge < -0.3 is 32.1 Å². The van der Waals surface area contributed by atoms with Crippen LogP contribution < -0.4 is 22.1 Å². The summed E-state index contributed by atoms with van der Waals surface area (Å²) in [4.78, 5) is 61.2. The monoisotopic (exact) mass is 431 g/mol. The van der Waals surface area contributed by atoms with E-state index in [-0.39, 0.29) is 12.3 Å². The van der Waals surface area contributed by atoms with E-state index in [1.807, 2.05) is 6.26 Å². The second kappa shape index (κ2) is 11.6. The Hall–Kier alpha value is -2.34. The van der Waals surface area contributed by atoms with E-state index in [2.05, 4.69) is 10.6 Å². The third-order valence-electron chi connectivity index (χ3n) is 4.49. The molecular weight excluding hydrogens is 402 g/mol. The molecule has 1 fully saturated rings. The Morgan fingerprint density at radius 1 is 1.21 bits per heavy atom. The topological polar surface area (TPSA) is 185 Å². The van der Waals surface area contributed by atoms with Crippen LogP contribution in [0.3, 0.4) is 0 Å². The molecule has 0 aliphatic carbocycles. The van der Waals surface area contributed by atoms with E-state index in [1.165, 1.54) is 23.6 Å². The zero-order chi connectivity index (χ0) is 22.1. The minimum Gasteiger partial charge on any atom is -0.480 e. The molecule has 0 radical (unpaired) electrons. The number of primary amides is 1. The fourth-order valence-electron chi connectivity index (χ4n) is 3.01. The molecule has 29 heavy (non-hydrogen) atoms. The normalized spacial score (nSPS) is 19.1. The van der Waals surface area contributed by atoms with E-state index >= 15 is 0 Å². The molecule has 0 aromatic rings. The molecule has 4 atom stereocenters. The van der Waals surface area contributed by atoms with Crippen LogP contribution >= 0.6 is 11.8 Å². The minimum atomic E-state index is -1.49. The first-order valence-electron chi connectivity index (χ1n) is 9.25. The maximum Gasteiger partial charge on any atom is 0.326 e. The number of carbonyl (C=O) groups is 5. The zero-order valence-corrected chi connectivity index (χ0v) is 17.4. The summed E-state index contributed by atoms with van der Waals surface area (Å²) in [5, 5.41) is 14.0.